The van der Waals surface area contributed by atoms with Crippen molar-refractivity contribution in [1.82, 2.24) is 0 Å². The lowest BCUT2D eigenvalue weighted by Gasteiger charge is -2.38. The Morgan fingerprint density at radius 2 is 1.86 bits per heavy atom. The molecule has 2 aliphatic rings. The quantitative estimate of drug-likeness (QED) is 0.905. The van der Waals surface area contributed by atoms with Crippen LogP contribution in [0.4, 0.5) is 5.69 Å². The molecule has 2 fully saturated rings. The summed E-state index contributed by atoms with van der Waals surface area (Å²) in [4.78, 5) is 2.41. The number of nitrogens with two attached hydrogens (primary N) is 1. The van der Waals surface area contributed by atoms with Crippen LogP contribution in [0.15, 0.2) is 18.2 Å². The summed E-state index contributed by atoms with van der Waals surface area (Å²) in [5.74, 6) is 3.26. The van der Waals surface area contributed by atoms with Gasteiger partial charge in [0.05, 0.1) is 14.2 Å². The normalized spacial score (nSPS) is 25.8. The minimum absolute atomic E-state index is 0.274. The molecule has 116 valence electrons. The molecule has 2 N–H and O–H groups in total. The minimum atomic E-state index is 0.274. The highest BCUT2D eigenvalue weighted by Gasteiger charge is 2.31. The standard InChI is InChI=1S/C17H26N2O2/c1-20-16-6-5-15(9-17(16)21-2)19-10-13(7-12-3-4-12)8-14(18)11-19/h5-6,9,12-14H,3-4,7-8,10-11,18H2,1-2H3. The van der Waals surface area contributed by atoms with E-state index in [1.165, 1.54) is 31.4 Å². The van der Waals surface area contributed by atoms with E-state index >= 15 is 0 Å². The number of hydrogen-bond acceptors (Lipinski definition) is 4. The van der Waals surface area contributed by atoms with E-state index in [9.17, 15) is 0 Å². The highest BCUT2D eigenvalue weighted by molar-refractivity contribution is 5.56. The van der Waals surface area contributed by atoms with Crippen molar-refractivity contribution in [3.63, 3.8) is 0 Å². The van der Waals surface area contributed by atoms with Gasteiger partial charge in [-0.2, -0.15) is 0 Å². The Kier molecular flexibility index (Phi) is 4.24. The molecule has 1 aromatic rings. The summed E-state index contributed by atoms with van der Waals surface area (Å²) in [6, 6.07) is 6.42. The number of methoxy groups -OCH3 is 2. The van der Waals surface area contributed by atoms with E-state index in [0.717, 1.165) is 36.4 Å². The molecule has 2 atom stereocenters. The number of piperidine rings is 1. The van der Waals surface area contributed by atoms with Gasteiger partial charge in [0.15, 0.2) is 11.5 Å². The van der Waals surface area contributed by atoms with E-state index in [-0.39, 0.29) is 6.04 Å². The number of nitrogens with zero attached hydrogens (tertiary/aromatic N) is 1. The smallest absolute Gasteiger partial charge is 0.162 e. The molecule has 0 radical (unpaired) electrons. The Morgan fingerprint density at radius 1 is 1.10 bits per heavy atom. The fourth-order valence-electron chi connectivity index (χ4n) is 3.47. The zero-order valence-electron chi connectivity index (χ0n) is 13.0. The predicted molar refractivity (Wildman–Crippen MR) is 85.2 cm³/mol. The first-order valence-corrected chi connectivity index (χ1v) is 7.92. The van der Waals surface area contributed by atoms with Gasteiger partial charge in [-0.15, -0.1) is 0 Å². The summed E-state index contributed by atoms with van der Waals surface area (Å²) in [6.07, 6.45) is 5.35. The van der Waals surface area contributed by atoms with Gasteiger partial charge in [-0.1, -0.05) is 12.8 Å². The average Bonchev–Trinajstić information content (AvgIpc) is 3.29. The number of rotatable bonds is 5. The highest BCUT2D eigenvalue weighted by atomic mass is 16.5. The van der Waals surface area contributed by atoms with E-state index in [0.29, 0.717) is 0 Å². The second-order valence-corrected chi connectivity index (χ2v) is 6.49. The number of hydrogen-bond donors (Lipinski definition) is 1. The maximum atomic E-state index is 6.28. The first-order valence-electron chi connectivity index (χ1n) is 7.92. The summed E-state index contributed by atoms with van der Waals surface area (Å²) >= 11 is 0. The Bertz CT molecular complexity index is 486. The van der Waals surface area contributed by atoms with Gasteiger partial charge in [0.25, 0.3) is 0 Å². The molecule has 1 aromatic carbocycles. The maximum Gasteiger partial charge on any atom is 0.162 e. The van der Waals surface area contributed by atoms with Crippen LogP contribution < -0.4 is 20.1 Å². The summed E-state index contributed by atoms with van der Waals surface area (Å²) < 4.78 is 10.7. The molecule has 1 heterocycles. The largest absolute Gasteiger partial charge is 0.493 e. The average molecular weight is 290 g/mol. The molecule has 1 saturated heterocycles. The summed E-state index contributed by atoms with van der Waals surface area (Å²) in [5, 5.41) is 0. The summed E-state index contributed by atoms with van der Waals surface area (Å²) in [7, 11) is 3.35. The van der Waals surface area contributed by atoms with Crippen molar-refractivity contribution < 1.29 is 9.47 Å². The van der Waals surface area contributed by atoms with E-state index < -0.39 is 0 Å². The first kappa shape index (κ1) is 14.5. The van der Waals surface area contributed by atoms with Crippen LogP contribution in [0.1, 0.15) is 25.7 Å². The van der Waals surface area contributed by atoms with Gasteiger partial charge in [-0.05, 0) is 36.8 Å². The lowest BCUT2D eigenvalue weighted by atomic mass is 9.90. The van der Waals surface area contributed by atoms with E-state index in [1.807, 2.05) is 6.07 Å². The molecule has 0 spiro atoms. The van der Waals surface area contributed by atoms with Crippen LogP contribution in [-0.2, 0) is 0 Å². The van der Waals surface area contributed by atoms with Gasteiger partial charge in [0.2, 0.25) is 0 Å². The second-order valence-electron chi connectivity index (χ2n) is 6.49. The van der Waals surface area contributed by atoms with Crippen molar-refractivity contribution in [3.8, 4) is 11.5 Å². The first-order chi connectivity index (χ1) is 10.2. The third-order valence-corrected chi connectivity index (χ3v) is 4.67. The van der Waals surface area contributed by atoms with Crippen molar-refractivity contribution in [2.24, 2.45) is 17.6 Å². The van der Waals surface area contributed by atoms with Gasteiger partial charge in [0.1, 0.15) is 0 Å². The lowest BCUT2D eigenvalue weighted by Crippen LogP contribution is -2.47. The molecular formula is C17H26N2O2. The molecule has 4 heteroatoms. The second kappa shape index (κ2) is 6.14. The van der Waals surface area contributed by atoms with Gasteiger partial charge in [0, 0.05) is 30.9 Å². The molecule has 0 amide bonds. The monoisotopic (exact) mass is 290 g/mol. The number of ether oxygens (including phenoxy) is 2. The van der Waals surface area contributed by atoms with Crippen LogP contribution >= 0.6 is 0 Å². The molecule has 1 aliphatic heterocycles. The molecule has 2 unspecified atom stereocenters. The zero-order valence-corrected chi connectivity index (χ0v) is 13.0. The number of anilines is 1. The predicted octanol–water partition coefficient (Wildman–Crippen LogP) is 2.66. The molecule has 21 heavy (non-hydrogen) atoms. The van der Waals surface area contributed by atoms with Crippen LogP contribution in [0.2, 0.25) is 0 Å². The van der Waals surface area contributed by atoms with Crippen LogP contribution in [-0.4, -0.2) is 33.4 Å². The van der Waals surface area contributed by atoms with Crippen molar-refractivity contribution in [2.45, 2.75) is 31.7 Å². The van der Waals surface area contributed by atoms with Crippen molar-refractivity contribution in [3.05, 3.63) is 18.2 Å². The van der Waals surface area contributed by atoms with E-state index in [2.05, 4.69) is 17.0 Å². The molecular weight excluding hydrogens is 264 g/mol. The maximum absolute atomic E-state index is 6.28. The zero-order chi connectivity index (χ0) is 14.8. The van der Waals surface area contributed by atoms with Crippen molar-refractivity contribution in [2.75, 3.05) is 32.2 Å². The Hall–Kier alpha value is -1.42. The molecule has 1 saturated carbocycles. The van der Waals surface area contributed by atoms with Crippen LogP contribution in [0.3, 0.4) is 0 Å². The molecule has 4 nitrogen and oxygen atoms in total. The minimum Gasteiger partial charge on any atom is -0.493 e. The third kappa shape index (κ3) is 3.43. The highest BCUT2D eigenvalue weighted by Crippen LogP contribution is 2.39. The van der Waals surface area contributed by atoms with Crippen LogP contribution in [0.25, 0.3) is 0 Å². The molecule has 3 rings (SSSR count). The Balaban J connectivity index is 1.74. The molecule has 0 bridgehead atoms. The Morgan fingerprint density at radius 3 is 2.52 bits per heavy atom. The fourth-order valence-corrected chi connectivity index (χ4v) is 3.47. The van der Waals surface area contributed by atoms with E-state index in [4.69, 9.17) is 15.2 Å². The molecule has 0 aromatic heterocycles. The third-order valence-electron chi connectivity index (χ3n) is 4.67. The Labute approximate surface area is 127 Å². The van der Waals surface area contributed by atoms with Crippen molar-refractivity contribution in [1.29, 1.82) is 0 Å². The van der Waals surface area contributed by atoms with Gasteiger partial charge in [-0.25, -0.2) is 0 Å². The van der Waals surface area contributed by atoms with Gasteiger partial charge < -0.3 is 20.1 Å². The van der Waals surface area contributed by atoms with Gasteiger partial charge in [-0.3, -0.25) is 0 Å². The number of benzene rings is 1. The fraction of sp³-hybridized carbons (Fsp3) is 0.647. The van der Waals surface area contributed by atoms with Crippen molar-refractivity contribution >= 4 is 5.69 Å². The van der Waals surface area contributed by atoms with Gasteiger partial charge >= 0.3 is 0 Å². The SMILES string of the molecule is COc1ccc(N2CC(N)CC(CC3CC3)C2)cc1OC. The van der Waals surface area contributed by atoms with E-state index in [1.54, 1.807) is 14.2 Å². The van der Waals surface area contributed by atoms with Crippen LogP contribution in [0.5, 0.6) is 11.5 Å². The van der Waals surface area contributed by atoms with Crippen LogP contribution in [0, 0.1) is 11.8 Å². The molecule has 1 aliphatic carbocycles. The summed E-state index contributed by atoms with van der Waals surface area (Å²) in [6.45, 7) is 2.04. The lowest BCUT2D eigenvalue weighted by molar-refractivity contribution is 0.341. The summed E-state index contributed by atoms with van der Waals surface area (Å²) in [5.41, 5.74) is 7.46. The topological polar surface area (TPSA) is 47.7 Å².